The van der Waals surface area contributed by atoms with Crippen LogP contribution < -0.4 is 4.72 Å². The summed E-state index contributed by atoms with van der Waals surface area (Å²) >= 11 is 0. The minimum absolute atomic E-state index is 0.0192. The number of carbonyl (C=O) groups excluding carboxylic acids is 1. The van der Waals surface area contributed by atoms with E-state index in [-0.39, 0.29) is 32.7 Å². The first-order valence-corrected chi connectivity index (χ1v) is 6.72. The van der Waals surface area contributed by atoms with Crippen molar-refractivity contribution in [3.8, 4) is 6.07 Å². The van der Waals surface area contributed by atoms with Crippen LogP contribution in [-0.4, -0.2) is 52.2 Å². The number of rotatable bonds is 8. The third kappa shape index (κ3) is 6.39. The van der Waals surface area contributed by atoms with E-state index >= 15 is 0 Å². The Morgan fingerprint density at radius 1 is 1.44 bits per heavy atom. The van der Waals surface area contributed by atoms with Gasteiger partial charge in [-0.1, -0.05) is 0 Å². The average molecular weight is 279 g/mol. The van der Waals surface area contributed by atoms with E-state index in [4.69, 9.17) is 10.00 Å². The van der Waals surface area contributed by atoms with Crippen LogP contribution in [0.3, 0.4) is 0 Å². The van der Waals surface area contributed by atoms with Crippen molar-refractivity contribution in [1.82, 2.24) is 9.03 Å². The van der Waals surface area contributed by atoms with Crippen molar-refractivity contribution in [3.63, 3.8) is 0 Å². The molecule has 1 amide bonds. The van der Waals surface area contributed by atoms with Crippen molar-refractivity contribution in [2.75, 3.05) is 33.4 Å². The Morgan fingerprint density at radius 3 is 2.61 bits per heavy atom. The van der Waals surface area contributed by atoms with Crippen LogP contribution in [0.15, 0.2) is 0 Å². The minimum atomic E-state index is -4.01. The van der Waals surface area contributed by atoms with E-state index < -0.39 is 16.3 Å². The maximum atomic E-state index is 11.8. The molecule has 0 fully saturated rings. The van der Waals surface area contributed by atoms with E-state index in [0.29, 0.717) is 0 Å². The van der Waals surface area contributed by atoms with Crippen molar-refractivity contribution >= 4 is 16.3 Å². The van der Waals surface area contributed by atoms with Gasteiger partial charge in [-0.3, -0.25) is 0 Å². The maximum Gasteiger partial charge on any atom is 0.421 e. The first kappa shape index (κ1) is 16.6. The van der Waals surface area contributed by atoms with Crippen LogP contribution in [-0.2, 0) is 19.7 Å². The van der Waals surface area contributed by atoms with Gasteiger partial charge in [-0.15, -0.1) is 0 Å². The standard InChI is InChI=1S/C9H17N3O5S/c1-3-17-9(13)11-18(14,15)12(6-4-5-10)7-8-16-2/h3-4,6-8H2,1-2H3,(H,11,13). The zero-order valence-corrected chi connectivity index (χ0v) is 11.2. The molecule has 0 aromatic rings. The molecule has 8 nitrogen and oxygen atoms in total. The molecule has 0 spiro atoms. The van der Waals surface area contributed by atoms with Gasteiger partial charge in [-0.05, 0) is 6.92 Å². The van der Waals surface area contributed by atoms with Gasteiger partial charge in [0.25, 0.3) is 0 Å². The van der Waals surface area contributed by atoms with Crippen molar-refractivity contribution in [3.05, 3.63) is 0 Å². The predicted molar refractivity (Wildman–Crippen MR) is 62.8 cm³/mol. The predicted octanol–water partition coefficient (Wildman–Crippen LogP) is -0.161. The fourth-order valence-corrected chi connectivity index (χ4v) is 2.10. The molecule has 0 unspecified atom stereocenters. The van der Waals surface area contributed by atoms with Crippen LogP contribution in [0, 0.1) is 11.3 Å². The molecule has 0 rings (SSSR count). The first-order chi connectivity index (χ1) is 8.47. The normalized spacial score (nSPS) is 11.0. The zero-order valence-electron chi connectivity index (χ0n) is 10.4. The van der Waals surface area contributed by atoms with Crippen LogP contribution in [0.2, 0.25) is 0 Å². The van der Waals surface area contributed by atoms with Crippen LogP contribution >= 0.6 is 0 Å². The largest absolute Gasteiger partial charge is 0.449 e. The first-order valence-electron chi connectivity index (χ1n) is 5.28. The van der Waals surface area contributed by atoms with Gasteiger partial charge in [0.2, 0.25) is 0 Å². The molecule has 0 saturated carbocycles. The maximum absolute atomic E-state index is 11.8. The second kappa shape index (κ2) is 8.68. The summed E-state index contributed by atoms with van der Waals surface area (Å²) in [6, 6.07) is 1.83. The number of nitrogens with one attached hydrogen (secondary N) is 1. The Kier molecular flexibility index (Phi) is 8.02. The van der Waals surface area contributed by atoms with Gasteiger partial charge >= 0.3 is 16.3 Å². The van der Waals surface area contributed by atoms with Gasteiger partial charge < -0.3 is 9.47 Å². The summed E-state index contributed by atoms with van der Waals surface area (Å²) in [5.74, 6) is 0. The number of carbonyl (C=O) groups is 1. The van der Waals surface area contributed by atoms with Crippen molar-refractivity contribution in [2.45, 2.75) is 13.3 Å². The summed E-state index contributed by atoms with van der Waals surface area (Å²) in [6.45, 7) is 1.82. The molecule has 104 valence electrons. The molecular weight excluding hydrogens is 262 g/mol. The highest BCUT2D eigenvalue weighted by Crippen LogP contribution is 2.00. The average Bonchev–Trinajstić information content (AvgIpc) is 2.28. The van der Waals surface area contributed by atoms with Crippen LogP contribution in [0.1, 0.15) is 13.3 Å². The molecule has 0 atom stereocenters. The fourth-order valence-electron chi connectivity index (χ4n) is 1.05. The highest BCUT2D eigenvalue weighted by Gasteiger charge is 2.24. The van der Waals surface area contributed by atoms with Gasteiger partial charge in [0.1, 0.15) is 0 Å². The van der Waals surface area contributed by atoms with Gasteiger partial charge in [-0.25, -0.2) is 9.52 Å². The lowest BCUT2D eigenvalue weighted by atomic mass is 10.4. The van der Waals surface area contributed by atoms with Crippen molar-refractivity contribution in [1.29, 1.82) is 5.26 Å². The van der Waals surface area contributed by atoms with E-state index in [0.717, 1.165) is 4.31 Å². The van der Waals surface area contributed by atoms with Gasteiger partial charge in [0.05, 0.1) is 19.3 Å². The van der Waals surface area contributed by atoms with Crippen molar-refractivity contribution in [2.24, 2.45) is 0 Å². The Bertz CT molecular complexity index is 389. The van der Waals surface area contributed by atoms with Gasteiger partial charge in [-0.2, -0.15) is 18.0 Å². The summed E-state index contributed by atoms with van der Waals surface area (Å²) in [7, 11) is -2.59. The second-order valence-corrected chi connectivity index (χ2v) is 4.80. The molecule has 1 N–H and O–H groups in total. The Labute approximate surface area is 107 Å². The Balaban J connectivity index is 4.63. The van der Waals surface area contributed by atoms with E-state index in [2.05, 4.69) is 4.74 Å². The highest BCUT2D eigenvalue weighted by molar-refractivity contribution is 7.87. The minimum Gasteiger partial charge on any atom is -0.449 e. The molecule has 0 radical (unpaired) electrons. The lowest BCUT2D eigenvalue weighted by Gasteiger charge is -2.20. The van der Waals surface area contributed by atoms with E-state index in [9.17, 15) is 13.2 Å². The second-order valence-electron chi connectivity index (χ2n) is 3.13. The number of amides is 1. The highest BCUT2D eigenvalue weighted by atomic mass is 32.2. The number of nitriles is 1. The van der Waals surface area contributed by atoms with Crippen molar-refractivity contribution < 1.29 is 22.7 Å². The van der Waals surface area contributed by atoms with Crippen LogP contribution in [0.4, 0.5) is 4.79 Å². The number of nitrogens with zero attached hydrogens (tertiary/aromatic N) is 2. The lowest BCUT2D eigenvalue weighted by Crippen LogP contribution is -2.45. The molecule has 0 aliphatic carbocycles. The van der Waals surface area contributed by atoms with Gasteiger partial charge in [0, 0.05) is 26.6 Å². The molecule has 0 aromatic heterocycles. The third-order valence-electron chi connectivity index (χ3n) is 1.85. The molecule has 9 heteroatoms. The molecule has 18 heavy (non-hydrogen) atoms. The molecule has 0 aliphatic heterocycles. The monoisotopic (exact) mass is 279 g/mol. The number of hydrogen-bond donors (Lipinski definition) is 1. The summed E-state index contributed by atoms with van der Waals surface area (Å²) < 4.78 is 35.5. The Hall–Kier alpha value is -1.37. The number of ether oxygens (including phenoxy) is 2. The molecule has 0 heterocycles. The molecule has 0 bridgehead atoms. The van der Waals surface area contributed by atoms with Crippen LogP contribution in [0.25, 0.3) is 0 Å². The molecule has 0 saturated heterocycles. The zero-order chi connectivity index (χ0) is 14.0. The molecule has 0 aliphatic rings. The summed E-state index contributed by atoms with van der Waals surface area (Å²) in [4.78, 5) is 11.1. The molecular formula is C9H17N3O5S. The Morgan fingerprint density at radius 2 is 2.11 bits per heavy atom. The lowest BCUT2D eigenvalue weighted by molar-refractivity contribution is 0.156. The topological polar surface area (TPSA) is 109 Å². The van der Waals surface area contributed by atoms with Gasteiger partial charge in [0.15, 0.2) is 0 Å². The summed E-state index contributed by atoms with van der Waals surface area (Å²) in [5.41, 5.74) is 0. The van der Waals surface area contributed by atoms with E-state index in [1.54, 1.807) is 11.6 Å². The SMILES string of the molecule is CCOC(=O)NS(=O)(=O)N(CCC#N)CCOC. The number of methoxy groups -OCH3 is 1. The summed E-state index contributed by atoms with van der Waals surface area (Å²) in [5, 5.41) is 8.46. The fraction of sp³-hybridized carbons (Fsp3) is 0.778. The van der Waals surface area contributed by atoms with Crippen LogP contribution in [0.5, 0.6) is 0 Å². The van der Waals surface area contributed by atoms with E-state index in [1.807, 2.05) is 6.07 Å². The smallest absolute Gasteiger partial charge is 0.421 e. The number of hydrogen-bond acceptors (Lipinski definition) is 6. The molecule has 0 aromatic carbocycles. The quantitative estimate of drug-likeness (QED) is 0.661. The third-order valence-corrected chi connectivity index (χ3v) is 3.32. The summed E-state index contributed by atoms with van der Waals surface area (Å²) in [6.07, 6.45) is -1.02. The van der Waals surface area contributed by atoms with E-state index in [1.165, 1.54) is 7.11 Å².